The third kappa shape index (κ3) is 4.36. The van der Waals surface area contributed by atoms with E-state index < -0.39 is 0 Å². The van der Waals surface area contributed by atoms with Gasteiger partial charge in [0.15, 0.2) is 5.82 Å². The number of anilines is 1. The quantitative estimate of drug-likeness (QED) is 0.310. The Hall–Kier alpha value is -4.78. The van der Waals surface area contributed by atoms with Gasteiger partial charge in [-0.1, -0.05) is 60.7 Å². The molecule has 1 amide bonds. The lowest BCUT2D eigenvalue weighted by atomic mass is 10.0. The minimum Gasteiger partial charge on any atom is -0.305 e. The molecule has 0 atom stereocenters. The summed E-state index contributed by atoms with van der Waals surface area (Å²) in [6.07, 6.45) is 3.86. The van der Waals surface area contributed by atoms with E-state index in [0.29, 0.717) is 17.9 Å². The highest BCUT2D eigenvalue weighted by Crippen LogP contribution is 2.27. The molecule has 0 aliphatic carbocycles. The summed E-state index contributed by atoms with van der Waals surface area (Å²) in [6, 6.07) is 25.9. The highest BCUT2D eigenvalue weighted by molar-refractivity contribution is 6.12. The zero-order chi connectivity index (χ0) is 25.4. The van der Waals surface area contributed by atoms with Crippen molar-refractivity contribution in [2.75, 3.05) is 5.32 Å². The first kappa shape index (κ1) is 22.7. The Morgan fingerprint density at radius 1 is 0.892 bits per heavy atom. The average Bonchev–Trinajstić information content (AvgIpc) is 3.53. The Balaban J connectivity index is 1.30. The summed E-state index contributed by atoms with van der Waals surface area (Å²) in [7, 11) is 0. The predicted molar refractivity (Wildman–Crippen MR) is 147 cm³/mol. The van der Waals surface area contributed by atoms with Crippen molar-refractivity contribution in [3.05, 3.63) is 108 Å². The number of benzene rings is 3. The number of fused-ring (bicyclic) bond motifs is 2. The molecule has 6 aromatic rings. The van der Waals surface area contributed by atoms with Gasteiger partial charge in [-0.2, -0.15) is 10.2 Å². The smallest absolute Gasteiger partial charge is 0.257 e. The minimum absolute atomic E-state index is 0.226. The number of nitrogens with zero attached hydrogens (tertiary/aromatic N) is 5. The van der Waals surface area contributed by atoms with Crippen LogP contribution >= 0.6 is 0 Å². The van der Waals surface area contributed by atoms with Gasteiger partial charge < -0.3 is 5.32 Å². The number of aromatic nitrogens is 5. The molecule has 6 rings (SSSR count). The molecular weight excluding hydrogens is 460 g/mol. The van der Waals surface area contributed by atoms with Crippen LogP contribution in [0.1, 0.15) is 28.5 Å². The van der Waals surface area contributed by atoms with Crippen LogP contribution in [0.15, 0.2) is 91.3 Å². The van der Waals surface area contributed by atoms with Gasteiger partial charge in [0.1, 0.15) is 0 Å². The monoisotopic (exact) mass is 486 g/mol. The standard InChI is InChI=1S/C30H26N6O/c1-3-35-19-26(20(2)33-35)28-17-25(24-13-6-7-14-27(24)31-28)30(37)32-29-15-16-36(34-29)18-22-11-8-10-21-9-4-5-12-23(21)22/h4-17,19H,3,18H2,1-2H3,(H,32,34,37). The number of rotatable bonds is 6. The molecule has 0 fully saturated rings. The van der Waals surface area contributed by atoms with Crippen LogP contribution in [0.2, 0.25) is 0 Å². The van der Waals surface area contributed by atoms with E-state index in [1.807, 2.05) is 84.1 Å². The summed E-state index contributed by atoms with van der Waals surface area (Å²) in [4.78, 5) is 18.3. The second kappa shape index (κ2) is 9.35. The van der Waals surface area contributed by atoms with Gasteiger partial charge in [-0.3, -0.25) is 14.2 Å². The zero-order valence-electron chi connectivity index (χ0n) is 20.7. The molecule has 0 unspecified atom stereocenters. The number of para-hydroxylation sites is 1. The van der Waals surface area contributed by atoms with E-state index in [4.69, 9.17) is 4.98 Å². The third-order valence-electron chi connectivity index (χ3n) is 6.60. The molecule has 0 spiro atoms. The van der Waals surface area contributed by atoms with Crippen molar-refractivity contribution in [1.29, 1.82) is 0 Å². The molecule has 0 saturated heterocycles. The van der Waals surface area contributed by atoms with Crippen LogP contribution in [-0.2, 0) is 13.1 Å². The van der Waals surface area contributed by atoms with Gasteiger partial charge in [0.2, 0.25) is 0 Å². The summed E-state index contributed by atoms with van der Waals surface area (Å²) < 4.78 is 3.72. The summed E-state index contributed by atoms with van der Waals surface area (Å²) in [6.45, 7) is 5.38. The lowest BCUT2D eigenvalue weighted by Crippen LogP contribution is -2.14. The number of carbonyl (C=O) groups is 1. The lowest BCUT2D eigenvalue weighted by Gasteiger charge is -2.09. The molecule has 37 heavy (non-hydrogen) atoms. The number of hydrogen-bond acceptors (Lipinski definition) is 4. The molecule has 3 aromatic heterocycles. The fourth-order valence-electron chi connectivity index (χ4n) is 4.74. The van der Waals surface area contributed by atoms with Crippen LogP contribution in [-0.4, -0.2) is 30.5 Å². The number of hydrogen-bond donors (Lipinski definition) is 1. The first-order valence-electron chi connectivity index (χ1n) is 12.3. The van der Waals surface area contributed by atoms with E-state index in [-0.39, 0.29) is 5.91 Å². The minimum atomic E-state index is -0.226. The highest BCUT2D eigenvalue weighted by Gasteiger charge is 2.17. The topological polar surface area (TPSA) is 77.6 Å². The molecule has 7 heteroatoms. The van der Waals surface area contributed by atoms with E-state index in [2.05, 4.69) is 45.8 Å². The van der Waals surface area contributed by atoms with Crippen molar-refractivity contribution in [2.24, 2.45) is 0 Å². The first-order chi connectivity index (χ1) is 18.1. The van der Waals surface area contributed by atoms with Crippen LogP contribution in [0.3, 0.4) is 0 Å². The predicted octanol–water partition coefficient (Wildman–Crippen LogP) is 6.08. The maximum Gasteiger partial charge on any atom is 0.257 e. The molecule has 0 bridgehead atoms. The van der Waals surface area contributed by atoms with Crippen molar-refractivity contribution in [1.82, 2.24) is 24.5 Å². The molecule has 0 aliphatic heterocycles. The maximum atomic E-state index is 13.5. The molecule has 0 saturated carbocycles. The number of nitrogens with one attached hydrogen (secondary N) is 1. The zero-order valence-corrected chi connectivity index (χ0v) is 20.7. The normalized spacial score (nSPS) is 11.3. The van der Waals surface area contributed by atoms with E-state index in [0.717, 1.165) is 34.4 Å². The Morgan fingerprint density at radius 3 is 2.51 bits per heavy atom. The van der Waals surface area contributed by atoms with Crippen molar-refractivity contribution >= 4 is 33.4 Å². The van der Waals surface area contributed by atoms with Gasteiger partial charge >= 0.3 is 0 Å². The Bertz CT molecular complexity index is 1760. The summed E-state index contributed by atoms with van der Waals surface area (Å²) in [5, 5.41) is 15.3. The van der Waals surface area contributed by atoms with Gasteiger partial charge in [0.25, 0.3) is 5.91 Å². The highest BCUT2D eigenvalue weighted by atomic mass is 16.1. The van der Waals surface area contributed by atoms with E-state index in [1.54, 1.807) is 0 Å². The van der Waals surface area contributed by atoms with Gasteiger partial charge in [0, 0.05) is 36.0 Å². The van der Waals surface area contributed by atoms with Gasteiger partial charge in [-0.05, 0) is 42.3 Å². The number of aryl methyl sites for hydroxylation is 2. The Morgan fingerprint density at radius 2 is 1.68 bits per heavy atom. The molecular formula is C30H26N6O. The summed E-state index contributed by atoms with van der Waals surface area (Å²) in [5.74, 6) is 0.276. The first-order valence-corrected chi connectivity index (χ1v) is 12.3. The fraction of sp³-hybridized carbons (Fsp3) is 0.133. The molecule has 182 valence electrons. The van der Waals surface area contributed by atoms with Crippen molar-refractivity contribution < 1.29 is 4.79 Å². The number of pyridine rings is 1. The van der Waals surface area contributed by atoms with Crippen LogP contribution in [0.4, 0.5) is 5.82 Å². The summed E-state index contributed by atoms with van der Waals surface area (Å²) in [5.41, 5.74) is 5.00. The molecule has 1 N–H and O–H groups in total. The fourth-order valence-corrected chi connectivity index (χ4v) is 4.74. The average molecular weight is 487 g/mol. The van der Waals surface area contributed by atoms with E-state index in [1.165, 1.54) is 16.3 Å². The van der Waals surface area contributed by atoms with Crippen molar-refractivity contribution in [3.63, 3.8) is 0 Å². The molecule has 7 nitrogen and oxygen atoms in total. The molecule has 3 aromatic carbocycles. The Labute approximate surface area is 214 Å². The molecule has 0 radical (unpaired) electrons. The van der Waals surface area contributed by atoms with Gasteiger partial charge in [-0.25, -0.2) is 4.98 Å². The number of amides is 1. The van der Waals surface area contributed by atoms with Crippen LogP contribution in [0.25, 0.3) is 32.9 Å². The largest absolute Gasteiger partial charge is 0.305 e. The van der Waals surface area contributed by atoms with Crippen LogP contribution in [0.5, 0.6) is 0 Å². The maximum absolute atomic E-state index is 13.5. The second-order valence-electron chi connectivity index (χ2n) is 9.05. The van der Waals surface area contributed by atoms with E-state index in [9.17, 15) is 4.79 Å². The van der Waals surface area contributed by atoms with Crippen molar-refractivity contribution in [2.45, 2.75) is 26.9 Å². The van der Waals surface area contributed by atoms with Crippen LogP contribution in [0, 0.1) is 6.92 Å². The lowest BCUT2D eigenvalue weighted by molar-refractivity contribution is 0.102. The molecule has 0 aliphatic rings. The second-order valence-corrected chi connectivity index (χ2v) is 9.05. The molecule has 3 heterocycles. The Kier molecular flexibility index (Phi) is 5.73. The van der Waals surface area contributed by atoms with Gasteiger partial charge in [-0.15, -0.1) is 0 Å². The van der Waals surface area contributed by atoms with Gasteiger partial charge in [0.05, 0.1) is 29.0 Å². The number of carbonyl (C=O) groups excluding carboxylic acids is 1. The SMILES string of the molecule is CCn1cc(-c2cc(C(=O)Nc3ccn(Cc4cccc5ccccc45)n3)c3ccccc3n2)c(C)n1. The third-order valence-corrected chi connectivity index (χ3v) is 6.60. The van der Waals surface area contributed by atoms with Crippen LogP contribution < -0.4 is 5.32 Å². The van der Waals surface area contributed by atoms with E-state index >= 15 is 0 Å². The van der Waals surface area contributed by atoms with Crippen molar-refractivity contribution in [3.8, 4) is 11.3 Å². The summed E-state index contributed by atoms with van der Waals surface area (Å²) >= 11 is 0.